The van der Waals surface area contributed by atoms with Crippen LogP contribution in [0, 0.1) is 5.92 Å². The first-order valence-electron chi connectivity index (χ1n) is 7.04. The van der Waals surface area contributed by atoms with Crippen molar-refractivity contribution < 1.29 is 4.52 Å². The third-order valence-electron chi connectivity index (χ3n) is 3.19. The molecule has 0 spiro atoms. The van der Waals surface area contributed by atoms with E-state index in [2.05, 4.69) is 42.6 Å². The molecule has 1 aliphatic rings. The summed E-state index contributed by atoms with van der Waals surface area (Å²) in [6, 6.07) is 2.55. The van der Waals surface area contributed by atoms with E-state index in [0.717, 1.165) is 31.1 Å². The van der Waals surface area contributed by atoms with Gasteiger partial charge >= 0.3 is 0 Å². The smallest absolute Gasteiger partial charge is 0.140 e. The Morgan fingerprint density at radius 1 is 1.33 bits per heavy atom. The maximum Gasteiger partial charge on any atom is 0.140 e. The van der Waals surface area contributed by atoms with E-state index in [9.17, 15) is 0 Å². The molecule has 2 rings (SSSR count). The summed E-state index contributed by atoms with van der Waals surface area (Å²) in [6.07, 6.45) is 2.52. The van der Waals surface area contributed by atoms with Crippen molar-refractivity contribution in [1.29, 1.82) is 0 Å². The van der Waals surface area contributed by atoms with Crippen LogP contribution in [0.1, 0.15) is 51.0 Å². The second kappa shape index (κ2) is 6.34. The van der Waals surface area contributed by atoms with E-state index in [1.54, 1.807) is 0 Å². The molecule has 102 valence electrons. The van der Waals surface area contributed by atoms with E-state index in [1.807, 2.05) is 0 Å². The van der Waals surface area contributed by atoms with Gasteiger partial charge in [0.1, 0.15) is 5.76 Å². The topological polar surface area (TPSA) is 50.1 Å². The summed E-state index contributed by atoms with van der Waals surface area (Å²) in [5.74, 6) is 2.42. The van der Waals surface area contributed by atoms with E-state index in [-0.39, 0.29) is 0 Å². The van der Waals surface area contributed by atoms with Gasteiger partial charge in [-0.2, -0.15) is 0 Å². The molecular weight excluding hydrogens is 226 g/mol. The Balaban J connectivity index is 1.63. The van der Waals surface area contributed by atoms with Gasteiger partial charge in [-0.25, -0.2) is 0 Å². The normalized spacial score (nSPS) is 17.3. The van der Waals surface area contributed by atoms with E-state index >= 15 is 0 Å². The zero-order valence-corrected chi connectivity index (χ0v) is 11.7. The van der Waals surface area contributed by atoms with Crippen LogP contribution in [0.15, 0.2) is 10.6 Å². The summed E-state index contributed by atoms with van der Waals surface area (Å²) in [6.45, 7) is 9.49. The third kappa shape index (κ3) is 4.42. The molecule has 0 aliphatic heterocycles. The molecule has 1 aromatic rings. The highest BCUT2D eigenvalue weighted by molar-refractivity contribution is 5.14. The monoisotopic (exact) mass is 251 g/mol. The van der Waals surface area contributed by atoms with Gasteiger partial charge in [0.25, 0.3) is 0 Å². The zero-order valence-electron chi connectivity index (χ0n) is 11.7. The highest BCUT2D eigenvalue weighted by atomic mass is 16.5. The summed E-state index contributed by atoms with van der Waals surface area (Å²) in [4.78, 5) is 0. The first kappa shape index (κ1) is 13.6. The van der Waals surface area contributed by atoms with Gasteiger partial charge < -0.3 is 15.2 Å². The van der Waals surface area contributed by atoms with E-state index < -0.39 is 0 Å². The molecule has 18 heavy (non-hydrogen) atoms. The van der Waals surface area contributed by atoms with Crippen LogP contribution in [0.5, 0.6) is 0 Å². The van der Waals surface area contributed by atoms with Crippen molar-refractivity contribution in [3.05, 3.63) is 17.5 Å². The lowest BCUT2D eigenvalue weighted by Gasteiger charge is -2.14. The summed E-state index contributed by atoms with van der Waals surface area (Å²) in [5, 5.41) is 11.0. The van der Waals surface area contributed by atoms with Crippen molar-refractivity contribution >= 4 is 0 Å². The molecule has 0 saturated heterocycles. The Kier molecular flexibility index (Phi) is 4.78. The van der Waals surface area contributed by atoms with Gasteiger partial charge in [-0.05, 0) is 32.2 Å². The van der Waals surface area contributed by atoms with Crippen molar-refractivity contribution in [3.63, 3.8) is 0 Å². The number of hydrogen-bond donors (Lipinski definition) is 2. The fraction of sp³-hybridized carbons (Fsp3) is 0.786. The Morgan fingerprint density at radius 2 is 2.11 bits per heavy atom. The number of rotatable bonds is 8. The van der Waals surface area contributed by atoms with Crippen LogP contribution in [0.4, 0.5) is 0 Å². The molecule has 4 heteroatoms. The van der Waals surface area contributed by atoms with Crippen molar-refractivity contribution in [2.45, 2.75) is 52.1 Å². The average Bonchev–Trinajstić information content (AvgIpc) is 3.06. The van der Waals surface area contributed by atoms with Crippen molar-refractivity contribution in [1.82, 2.24) is 15.8 Å². The average molecular weight is 251 g/mol. The van der Waals surface area contributed by atoms with Gasteiger partial charge in [0.05, 0.1) is 5.69 Å². The molecule has 1 unspecified atom stereocenters. The van der Waals surface area contributed by atoms with Gasteiger partial charge in [-0.1, -0.05) is 19.0 Å². The number of hydrogen-bond acceptors (Lipinski definition) is 4. The van der Waals surface area contributed by atoms with Crippen LogP contribution in [0.2, 0.25) is 0 Å². The Bertz CT molecular complexity index is 358. The Hall–Kier alpha value is -0.870. The lowest BCUT2D eigenvalue weighted by Crippen LogP contribution is -2.37. The van der Waals surface area contributed by atoms with Gasteiger partial charge in [0.15, 0.2) is 0 Å². The highest BCUT2D eigenvalue weighted by Crippen LogP contribution is 2.40. The van der Waals surface area contributed by atoms with E-state index in [1.165, 1.54) is 12.8 Å². The Labute approximate surface area is 110 Å². The summed E-state index contributed by atoms with van der Waals surface area (Å²) >= 11 is 0. The van der Waals surface area contributed by atoms with Crippen LogP contribution in [0.25, 0.3) is 0 Å². The summed E-state index contributed by atoms with van der Waals surface area (Å²) < 4.78 is 5.33. The first-order chi connectivity index (χ1) is 8.65. The second-order valence-electron chi connectivity index (χ2n) is 5.83. The maximum absolute atomic E-state index is 5.33. The Morgan fingerprint density at radius 3 is 2.78 bits per heavy atom. The molecule has 2 N–H and O–H groups in total. The first-order valence-corrected chi connectivity index (χ1v) is 7.04. The van der Waals surface area contributed by atoms with Crippen molar-refractivity contribution in [2.75, 3.05) is 13.1 Å². The molecule has 1 heterocycles. The zero-order chi connectivity index (χ0) is 13.0. The van der Waals surface area contributed by atoms with Crippen molar-refractivity contribution in [2.24, 2.45) is 5.92 Å². The molecule has 4 nitrogen and oxygen atoms in total. The second-order valence-corrected chi connectivity index (χ2v) is 5.83. The summed E-state index contributed by atoms with van der Waals surface area (Å²) in [7, 11) is 0. The van der Waals surface area contributed by atoms with Gasteiger partial charge in [0.2, 0.25) is 0 Å². The molecular formula is C14H25N3O. The molecule has 0 radical (unpaired) electrons. The molecule has 1 aliphatic carbocycles. The predicted molar refractivity (Wildman–Crippen MR) is 72.5 cm³/mol. The van der Waals surface area contributed by atoms with Gasteiger partial charge in [0, 0.05) is 31.1 Å². The van der Waals surface area contributed by atoms with Crippen LogP contribution >= 0.6 is 0 Å². The number of aromatic nitrogens is 1. The molecule has 1 fully saturated rings. The third-order valence-corrected chi connectivity index (χ3v) is 3.19. The minimum absolute atomic E-state index is 0.449. The number of nitrogens with zero attached hydrogens (tertiary/aromatic N) is 1. The molecule has 0 aromatic carbocycles. The molecule has 0 amide bonds. The SMILES string of the molecule is CC(C)CNCC(C)NCc1cc(C2CC2)on1. The fourth-order valence-corrected chi connectivity index (χ4v) is 1.91. The van der Waals surface area contributed by atoms with Crippen LogP contribution in [-0.4, -0.2) is 24.3 Å². The van der Waals surface area contributed by atoms with E-state index in [0.29, 0.717) is 17.9 Å². The minimum atomic E-state index is 0.449. The maximum atomic E-state index is 5.33. The van der Waals surface area contributed by atoms with Crippen molar-refractivity contribution in [3.8, 4) is 0 Å². The van der Waals surface area contributed by atoms with Crippen LogP contribution in [0.3, 0.4) is 0 Å². The molecule has 1 aromatic heterocycles. The minimum Gasteiger partial charge on any atom is -0.361 e. The molecule has 1 saturated carbocycles. The fourth-order valence-electron chi connectivity index (χ4n) is 1.91. The molecule has 1 atom stereocenters. The summed E-state index contributed by atoms with van der Waals surface area (Å²) in [5.41, 5.74) is 1.02. The van der Waals surface area contributed by atoms with Gasteiger partial charge in [-0.15, -0.1) is 0 Å². The number of nitrogens with one attached hydrogen (secondary N) is 2. The van der Waals surface area contributed by atoms with Crippen LogP contribution < -0.4 is 10.6 Å². The molecule has 0 bridgehead atoms. The standard InChI is InChI=1S/C14H25N3O/c1-10(2)7-15-8-11(3)16-9-13-6-14(18-17-13)12-4-5-12/h6,10-12,15-16H,4-5,7-9H2,1-3H3. The van der Waals surface area contributed by atoms with E-state index in [4.69, 9.17) is 4.52 Å². The lowest BCUT2D eigenvalue weighted by molar-refractivity contribution is 0.373. The lowest BCUT2D eigenvalue weighted by atomic mass is 10.2. The highest BCUT2D eigenvalue weighted by Gasteiger charge is 2.27. The van der Waals surface area contributed by atoms with Crippen LogP contribution in [-0.2, 0) is 6.54 Å². The van der Waals surface area contributed by atoms with Gasteiger partial charge in [-0.3, -0.25) is 0 Å². The largest absolute Gasteiger partial charge is 0.361 e. The quantitative estimate of drug-likeness (QED) is 0.744. The predicted octanol–water partition coefficient (Wildman–Crippen LogP) is 2.28.